The highest BCUT2D eigenvalue weighted by atomic mass is 35.5. The lowest BCUT2D eigenvalue weighted by Crippen LogP contribution is -2.18. The van der Waals surface area contributed by atoms with E-state index in [1.807, 2.05) is 49.4 Å². The molecule has 0 spiro atoms. The molecule has 3 nitrogen and oxygen atoms in total. The highest BCUT2D eigenvalue weighted by Crippen LogP contribution is 2.21. The molecule has 1 N–H and O–H groups in total. The molecule has 1 amide bonds. The van der Waals surface area contributed by atoms with E-state index >= 15 is 0 Å². The fourth-order valence-corrected chi connectivity index (χ4v) is 1.78. The standard InChI is InChI=1S/C14H13ClN2O/c1-10-6-5-9-12(16-10)17-14(18)13(15)11-7-3-2-4-8-11/h2-9,13H,1H3,(H,16,17,18)/t13-/m1/s1. The van der Waals surface area contributed by atoms with Crippen molar-refractivity contribution in [2.45, 2.75) is 12.3 Å². The third-order valence-corrected chi connectivity index (χ3v) is 2.91. The Balaban J connectivity index is 2.09. The largest absolute Gasteiger partial charge is 0.309 e. The third-order valence-electron chi connectivity index (χ3n) is 2.46. The van der Waals surface area contributed by atoms with Crippen molar-refractivity contribution in [2.75, 3.05) is 5.32 Å². The smallest absolute Gasteiger partial charge is 0.248 e. The Morgan fingerprint density at radius 1 is 1.17 bits per heavy atom. The molecule has 2 aromatic rings. The number of carbonyl (C=O) groups is 1. The second kappa shape index (κ2) is 5.65. The highest BCUT2D eigenvalue weighted by Gasteiger charge is 2.17. The number of nitrogens with zero attached hydrogens (tertiary/aromatic N) is 1. The Morgan fingerprint density at radius 2 is 1.89 bits per heavy atom. The van der Waals surface area contributed by atoms with Gasteiger partial charge in [0, 0.05) is 5.69 Å². The van der Waals surface area contributed by atoms with Gasteiger partial charge in [-0.15, -0.1) is 11.6 Å². The number of halogens is 1. The van der Waals surface area contributed by atoms with Crippen LogP contribution in [0.15, 0.2) is 48.5 Å². The molecular weight excluding hydrogens is 248 g/mol. The van der Waals surface area contributed by atoms with E-state index in [4.69, 9.17) is 11.6 Å². The number of aryl methyl sites for hydroxylation is 1. The first kappa shape index (κ1) is 12.6. The fraction of sp³-hybridized carbons (Fsp3) is 0.143. The van der Waals surface area contributed by atoms with Crippen LogP contribution in [0.5, 0.6) is 0 Å². The van der Waals surface area contributed by atoms with Gasteiger partial charge in [0.1, 0.15) is 11.2 Å². The molecule has 0 saturated heterocycles. The van der Waals surface area contributed by atoms with E-state index in [9.17, 15) is 4.79 Å². The number of alkyl halides is 1. The summed E-state index contributed by atoms with van der Waals surface area (Å²) < 4.78 is 0. The Bertz CT molecular complexity index is 543. The summed E-state index contributed by atoms with van der Waals surface area (Å²) >= 11 is 6.11. The zero-order valence-corrected chi connectivity index (χ0v) is 10.7. The van der Waals surface area contributed by atoms with E-state index in [0.29, 0.717) is 5.82 Å². The minimum absolute atomic E-state index is 0.277. The van der Waals surface area contributed by atoms with Crippen molar-refractivity contribution in [3.8, 4) is 0 Å². The van der Waals surface area contributed by atoms with Gasteiger partial charge >= 0.3 is 0 Å². The van der Waals surface area contributed by atoms with Crippen LogP contribution in [0.4, 0.5) is 5.82 Å². The number of anilines is 1. The first-order valence-corrected chi connectivity index (χ1v) is 6.04. The molecule has 2 rings (SSSR count). The Labute approximate surface area is 111 Å². The van der Waals surface area contributed by atoms with Gasteiger partial charge in [0.15, 0.2) is 0 Å². The van der Waals surface area contributed by atoms with Gasteiger partial charge in [-0.25, -0.2) is 4.98 Å². The molecule has 0 bridgehead atoms. The van der Waals surface area contributed by atoms with Crippen LogP contribution in [-0.2, 0) is 4.79 Å². The molecule has 1 aromatic carbocycles. The topological polar surface area (TPSA) is 42.0 Å². The Kier molecular flexibility index (Phi) is 3.95. The maximum Gasteiger partial charge on any atom is 0.248 e. The molecule has 92 valence electrons. The molecular formula is C14H13ClN2O. The maximum absolute atomic E-state index is 11.9. The van der Waals surface area contributed by atoms with Gasteiger partial charge < -0.3 is 5.32 Å². The van der Waals surface area contributed by atoms with Crippen LogP contribution in [0.3, 0.4) is 0 Å². The number of benzene rings is 1. The lowest BCUT2D eigenvalue weighted by atomic mass is 10.1. The average molecular weight is 261 g/mol. The minimum atomic E-state index is -0.714. The Hall–Kier alpha value is -1.87. The van der Waals surface area contributed by atoms with E-state index in [2.05, 4.69) is 10.3 Å². The summed E-state index contributed by atoms with van der Waals surface area (Å²) in [7, 11) is 0. The molecule has 1 atom stereocenters. The second-order valence-electron chi connectivity index (χ2n) is 3.93. The molecule has 1 heterocycles. The number of hydrogen-bond donors (Lipinski definition) is 1. The van der Waals surface area contributed by atoms with Crippen LogP contribution in [0.2, 0.25) is 0 Å². The fourth-order valence-electron chi connectivity index (χ4n) is 1.58. The SMILES string of the molecule is Cc1cccc(NC(=O)[C@H](Cl)c2ccccc2)n1. The summed E-state index contributed by atoms with van der Waals surface area (Å²) in [5, 5.41) is 1.98. The van der Waals surface area contributed by atoms with Crippen LogP contribution >= 0.6 is 11.6 Å². The zero-order chi connectivity index (χ0) is 13.0. The number of amides is 1. The minimum Gasteiger partial charge on any atom is -0.309 e. The lowest BCUT2D eigenvalue weighted by Gasteiger charge is -2.10. The zero-order valence-electron chi connectivity index (χ0n) is 9.93. The van der Waals surface area contributed by atoms with E-state index in [-0.39, 0.29) is 5.91 Å². The highest BCUT2D eigenvalue weighted by molar-refractivity contribution is 6.32. The maximum atomic E-state index is 11.9. The van der Waals surface area contributed by atoms with Gasteiger partial charge in [0.2, 0.25) is 5.91 Å². The predicted molar refractivity (Wildman–Crippen MR) is 72.6 cm³/mol. The van der Waals surface area contributed by atoms with Gasteiger partial charge in [0.05, 0.1) is 0 Å². The van der Waals surface area contributed by atoms with E-state index in [0.717, 1.165) is 11.3 Å². The number of pyridine rings is 1. The number of nitrogens with one attached hydrogen (secondary N) is 1. The van der Waals surface area contributed by atoms with Crippen molar-refractivity contribution in [2.24, 2.45) is 0 Å². The molecule has 0 fully saturated rings. The molecule has 4 heteroatoms. The number of carbonyl (C=O) groups excluding carboxylic acids is 1. The first-order valence-electron chi connectivity index (χ1n) is 5.60. The van der Waals surface area contributed by atoms with Crippen LogP contribution in [0, 0.1) is 6.92 Å². The van der Waals surface area contributed by atoms with Crippen molar-refractivity contribution >= 4 is 23.3 Å². The van der Waals surface area contributed by atoms with Crippen LogP contribution in [0.25, 0.3) is 0 Å². The molecule has 0 aliphatic heterocycles. The quantitative estimate of drug-likeness (QED) is 0.861. The number of aromatic nitrogens is 1. The van der Waals surface area contributed by atoms with E-state index in [1.165, 1.54) is 0 Å². The Morgan fingerprint density at radius 3 is 2.56 bits per heavy atom. The summed E-state index contributed by atoms with van der Waals surface area (Å²) in [6, 6.07) is 14.7. The van der Waals surface area contributed by atoms with Crippen molar-refractivity contribution < 1.29 is 4.79 Å². The molecule has 0 unspecified atom stereocenters. The average Bonchev–Trinajstić information content (AvgIpc) is 2.39. The van der Waals surface area contributed by atoms with Gasteiger partial charge in [0.25, 0.3) is 0 Å². The monoisotopic (exact) mass is 260 g/mol. The number of rotatable bonds is 3. The summed E-state index contributed by atoms with van der Waals surface area (Å²) in [5.41, 5.74) is 1.61. The van der Waals surface area contributed by atoms with Crippen LogP contribution in [0.1, 0.15) is 16.6 Å². The predicted octanol–water partition coefficient (Wildman–Crippen LogP) is 3.31. The van der Waals surface area contributed by atoms with Crippen molar-refractivity contribution in [1.82, 2.24) is 4.98 Å². The summed E-state index contributed by atoms with van der Waals surface area (Å²) in [6.07, 6.45) is 0. The van der Waals surface area contributed by atoms with E-state index < -0.39 is 5.38 Å². The van der Waals surface area contributed by atoms with Gasteiger partial charge in [-0.05, 0) is 24.6 Å². The van der Waals surface area contributed by atoms with Crippen LogP contribution < -0.4 is 5.32 Å². The normalized spacial score (nSPS) is 11.9. The lowest BCUT2D eigenvalue weighted by molar-refractivity contribution is -0.116. The van der Waals surface area contributed by atoms with Crippen molar-refractivity contribution in [3.63, 3.8) is 0 Å². The van der Waals surface area contributed by atoms with Crippen LogP contribution in [-0.4, -0.2) is 10.9 Å². The van der Waals surface area contributed by atoms with Gasteiger partial charge in [-0.1, -0.05) is 36.4 Å². The molecule has 0 radical (unpaired) electrons. The molecule has 1 aromatic heterocycles. The molecule has 18 heavy (non-hydrogen) atoms. The summed E-state index contributed by atoms with van der Waals surface area (Å²) in [6.45, 7) is 1.87. The van der Waals surface area contributed by atoms with Gasteiger partial charge in [-0.2, -0.15) is 0 Å². The third kappa shape index (κ3) is 3.08. The summed E-state index contributed by atoms with van der Waals surface area (Å²) in [5.74, 6) is 0.238. The first-order chi connectivity index (χ1) is 8.66. The number of hydrogen-bond acceptors (Lipinski definition) is 2. The molecule has 0 saturated carbocycles. The second-order valence-corrected chi connectivity index (χ2v) is 4.36. The van der Waals surface area contributed by atoms with Crippen molar-refractivity contribution in [1.29, 1.82) is 0 Å². The molecule has 0 aliphatic rings. The van der Waals surface area contributed by atoms with E-state index in [1.54, 1.807) is 6.07 Å². The van der Waals surface area contributed by atoms with Gasteiger partial charge in [-0.3, -0.25) is 4.79 Å². The summed E-state index contributed by atoms with van der Waals surface area (Å²) in [4.78, 5) is 16.1. The van der Waals surface area contributed by atoms with Crippen molar-refractivity contribution in [3.05, 3.63) is 59.8 Å². The molecule has 0 aliphatic carbocycles.